The summed E-state index contributed by atoms with van der Waals surface area (Å²) in [5, 5.41) is 0. The number of alkyl halides is 6. The Hall–Kier alpha value is -11.0. The highest BCUT2D eigenvalue weighted by molar-refractivity contribution is 5.28. The molecule has 0 saturated carbocycles. The Morgan fingerprint density at radius 3 is 1.10 bits per heavy atom. The molecule has 552 valence electrons. The third-order valence-electron chi connectivity index (χ3n) is 12.7. The molecule has 0 saturated heterocycles. The molecule has 0 amide bonds. The van der Waals surface area contributed by atoms with E-state index in [1.807, 2.05) is 83.3 Å². The summed E-state index contributed by atoms with van der Waals surface area (Å²) in [5.74, 6) is -6.27. The third-order valence-corrected chi connectivity index (χ3v) is 12.7. The predicted octanol–water partition coefficient (Wildman–Crippen LogP) is 24.6. The Morgan fingerprint density at radius 2 is 0.731 bits per heavy atom. The van der Waals surface area contributed by atoms with E-state index in [4.69, 9.17) is 0 Å². The lowest BCUT2D eigenvalue weighted by Crippen LogP contribution is -2.06. The molecule has 5 nitrogen and oxygen atoms in total. The van der Waals surface area contributed by atoms with Gasteiger partial charge in [-0.15, -0.1) is 0 Å². The minimum Gasteiger partial charge on any atom is -0.265 e. The second-order valence-electron chi connectivity index (χ2n) is 21.8. The summed E-state index contributed by atoms with van der Waals surface area (Å²) in [6.07, 6.45) is 3.98. The van der Waals surface area contributed by atoms with Crippen molar-refractivity contribution in [3.63, 3.8) is 0 Å². The summed E-state index contributed by atoms with van der Waals surface area (Å²) >= 11 is 0. The monoisotopic (exact) mass is 1460 g/mol. The molecule has 8 aromatic carbocycles. The molecule has 0 bridgehead atoms. The quantitative estimate of drug-likeness (QED) is 0.142. The van der Waals surface area contributed by atoms with E-state index in [-0.39, 0.29) is 28.3 Å². The first kappa shape index (κ1) is 91.0. The van der Waals surface area contributed by atoms with Gasteiger partial charge < -0.3 is 0 Å². The molecule has 0 radical (unpaired) electrons. The fourth-order valence-electron chi connectivity index (χ4n) is 6.91. The van der Waals surface area contributed by atoms with Crippen molar-refractivity contribution >= 4 is 0 Å². The summed E-state index contributed by atoms with van der Waals surface area (Å²) in [6, 6.07) is 48.5. The fourth-order valence-corrected chi connectivity index (χ4v) is 6.91. The number of hydrogen-bond donors (Lipinski definition) is 0. The fraction of sp³-hybridized carbons (Fsp3) is 0.173. The maximum absolute atomic E-state index is 12.4. The lowest BCUT2D eigenvalue weighted by Gasteiger charge is -2.08. The van der Waals surface area contributed by atoms with E-state index in [0.29, 0.717) is 28.8 Å². The van der Waals surface area contributed by atoms with Crippen molar-refractivity contribution in [2.75, 3.05) is 0 Å². The van der Waals surface area contributed by atoms with E-state index in [9.17, 15) is 79.0 Å². The van der Waals surface area contributed by atoms with E-state index in [1.54, 1.807) is 88.3 Å². The van der Waals surface area contributed by atoms with E-state index in [2.05, 4.69) is 24.9 Å². The maximum atomic E-state index is 12.4. The van der Waals surface area contributed by atoms with Crippen LogP contribution in [0.5, 0.6) is 0 Å². The summed E-state index contributed by atoms with van der Waals surface area (Å²) in [6.45, 7) is 20.4. The van der Waals surface area contributed by atoms with Gasteiger partial charge in [0.1, 0.15) is 64.0 Å². The lowest BCUT2D eigenvalue weighted by atomic mass is 10.1. The minimum atomic E-state index is -4.22. The number of aryl methyl sites for hydroxylation is 10. The zero-order chi connectivity index (χ0) is 78.5. The topological polar surface area (TPSA) is 64.5 Å². The van der Waals surface area contributed by atoms with Crippen LogP contribution in [0.15, 0.2) is 250 Å². The largest absolute Gasteiger partial charge is 0.416 e. The number of hydrogen-bond acceptors (Lipinski definition) is 5. The second kappa shape index (κ2) is 48.8. The van der Waals surface area contributed by atoms with Crippen LogP contribution in [0.4, 0.5) is 79.0 Å². The van der Waals surface area contributed by atoms with Gasteiger partial charge in [-0.25, -0.2) is 62.7 Å². The Labute approximate surface area is 594 Å². The van der Waals surface area contributed by atoms with Crippen molar-refractivity contribution in [3.05, 3.63) is 398 Å². The first-order valence-electron chi connectivity index (χ1n) is 30.9. The highest BCUT2D eigenvalue weighted by Gasteiger charge is 2.32. The van der Waals surface area contributed by atoms with Crippen molar-refractivity contribution in [1.82, 2.24) is 24.9 Å². The minimum absolute atomic E-state index is 0.0810. The molecule has 0 atom stereocenters. The van der Waals surface area contributed by atoms with Gasteiger partial charge in [-0.05, 0) is 226 Å². The van der Waals surface area contributed by atoms with Crippen LogP contribution >= 0.6 is 0 Å². The van der Waals surface area contributed by atoms with Gasteiger partial charge in [-0.2, -0.15) is 26.3 Å². The zero-order valence-corrected chi connectivity index (χ0v) is 58.7. The van der Waals surface area contributed by atoms with E-state index >= 15 is 0 Å². The van der Waals surface area contributed by atoms with Crippen molar-refractivity contribution in [2.24, 2.45) is 0 Å². The molecule has 0 fully saturated rings. The molecule has 12 rings (SSSR count). The van der Waals surface area contributed by atoms with Gasteiger partial charge in [0.05, 0.1) is 11.1 Å². The van der Waals surface area contributed by atoms with Gasteiger partial charge in [0, 0.05) is 78.4 Å². The van der Waals surface area contributed by atoms with Crippen molar-refractivity contribution in [1.29, 1.82) is 0 Å². The number of halogens is 18. The molecular formula is C81H77F18N5. The smallest absolute Gasteiger partial charge is 0.265 e. The van der Waals surface area contributed by atoms with Crippen LogP contribution in [-0.2, 0) is 12.4 Å². The summed E-state index contributed by atoms with van der Waals surface area (Å²) < 4.78 is 219. The predicted molar refractivity (Wildman–Crippen MR) is 373 cm³/mol. The standard InChI is InChI=1S/2C8H7F3.C7H5F3.4C7H6F2.C7H7F.3C6H7N.C5H6N2/c1-6-3-2-4-7(5-6)8(9,10)11;1-6-4-2-3-5-7(6)8(9,10)11;1-4-6(9)2-5(8)3-7(4)10;1-5-4-6(8)2-3-7(5)9;1-5-2-3-6(8)4-7(5)9;1-5-2-3-6(8)7(9)4-5;1-5-6(8)3-2-4-7(5)9;1-6-2-4-7(8)5-3-6;1-6-2-4-7-5-3-6;1-6-3-2-4-7-5-6;1-6-4-2-3-5-7-6;1-5-6-3-2-4-7-5/h2*2-5H,1H3;2-3H,1H3;4*2-4H,1H3;2-5H,1H3;3*2-5H,1H3;2-4H,1H3. The number of rotatable bonds is 0. The SMILES string of the molecule is Cc1c(F)cc(F)cc1F.Cc1c(F)cccc1F.Cc1cc(F)ccc1F.Cc1ccc(F)c(F)c1.Cc1ccc(F)cc1.Cc1ccc(F)cc1F.Cc1cccc(C(F)(F)F)c1.Cc1ccccc1C(F)(F)F.Cc1ccccn1.Cc1cccnc1.Cc1ccncc1.Cc1ncccn1. The Morgan fingerprint density at radius 1 is 0.250 bits per heavy atom. The third kappa shape index (κ3) is 41.7. The van der Waals surface area contributed by atoms with E-state index < -0.39 is 81.7 Å². The molecule has 23 heteroatoms. The summed E-state index contributed by atoms with van der Waals surface area (Å²) in [4.78, 5) is 19.4. The van der Waals surface area contributed by atoms with Gasteiger partial charge in [0.2, 0.25) is 0 Å². The highest BCUT2D eigenvalue weighted by atomic mass is 19.4. The van der Waals surface area contributed by atoms with Crippen molar-refractivity contribution in [3.8, 4) is 0 Å². The van der Waals surface area contributed by atoms with Crippen LogP contribution in [0.3, 0.4) is 0 Å². The summed E-state index contributed by atoms with van der Waals surface area (Å²) in [7, 11) is 0. The normalized spacial score (nSPS) is 9.83. The molecule has 0 spiro atoms. The number of benzene rings is 8. The molecule has 0 aliphatic carbocycles. The van der Waals surface area contributed by atoms with Crippen molar-refractivity contribution in [2.45, 2.75) is 95.4 Å². The van der Waals surface area contributed by atoms with Crippen LogP contribution in [0.1, 0.15) is 78.3 Å². The summed E-state index contributed by atoms with van der Waals surface area (Å²) in [5.41, 5.74) is 5.85. The number of aromatic nitrogens is 5. The lowest BCUT2D eigenvalue weighted by molar-refractivity contribution is -0.138. The highest BCUT2D eigenvalue weighted by Crippen LogP contribution is 2.31. The Kier molecular flexibility index (Phi) is 42.7. The van der Waals surface area contributed by atoms with Gasteiger partial charge in [0.15, 0.2) is 11.6 Å². The maximum Gasteiger partial charge on any atom is 0.416 e. The van der Waals surface area contributed by atoms with Crippen LogP contribution in [-0.4, -0.2) is 24.9 Å². The second-order valence-corrected chi connectivity index (χ2v) is 21.8. The van der Waals surface area contributed by atoms with E-state index in [0.717, 1.165) is 77.2 Å². The molecule has 12 aromatic rings. The Bertz CT molecular complexity index is 4010. The average Bonchev–Trinajstić information content (AvgIpc) is 0.792. The van der Waals surface area contributed by atoms with Gasteiger partial charge in [-0.3, -0.25) is 15.0 Å². The molecule has 4 heterocycles. The van der Waals surface area contributed by atoms with Crippen LogP contribution < -0.4 is 0 Å². The Balaban J connectivity index is 0.000000569. The van der Waals surface area contributed by atoms with Gasteiger partial charge in [-0.1, -0.05) is 90.0 Å². The molecule has 4 aromatic heterocycles. The van der Waals surface area contributed by atoms with Crippen LogP contribution in [0, 0.1) is 153 Å². The zero-order valence-electron chi connectivity index (χ0n) is 58.7. The molecule has 0 N–H and O–H groups in total. The van der Waals surface area contributed by atoms with Crippen LogP contribution in [0.25, 0.3) is 0 Å². The average molecular weight is 1460 g/mol. The van der Waals surface area contributed by atoms with Crippen LogP contribution in [0.2, 0.25) is 0 Å². The molecule has 0 unspecified atom stereocenters. The van der Waals surface area contributed by atoms with E-state index in [1.165, 1.54) is 106 Å². The molecule has 0 aliphatic rings. The molecular weight excluding hydrogens is 1380 g/mol. The number of pyridine rings is 3. The first-order valence-corrected chi connectivity index (χ1v) is 30.9. The van der Waals surface area contributed by atoms with Gasteiger partial charge >= 0.3 is 12.4 Å². The molecule has 104 heavy (non-hydrogen) atoms. The first-order chi connectivity index (χ1) is 48.8. The van der Waals surface area contributed by atoms with Crippen molar-refractivity contribution < 1.29 is 79.0 Å². The van der Waals surface area contributed by atoms with Gasteiger partial charge in [0.25, 0.3) is 0 Å². The molecule has 0 aliphatic heterocycles. The number of nitrogens with zero attached hydrogens (tertiary/aromatic N) is 5.